The number of hydrogen-bond acceptors (Lipinski definition) is 2. The van der Waals surface area contributed by atoms with Gasteiger partial charge < -0.3 is 9.57 Å². The first-order valence-electron chi connectivity index (χ1n) is 5.06. The molecule has 0 atom stereocenters. The van der Waals surface area contributed by atoms with Crippen molar-refractivity contribution in [2.45, 2.75) is 6.54 Å². The second-order valence-corrected chi connectivity index (χ2v) is 3.48. The highest BCUT2D eigenvalue weighted by molar-refractivity contribution is 5.26. The van der Waals surface area contributed by atoms with Gasteiger partial charge in [0.1, 0.15) is 25.6 Å². The normalized spacial score (nSPS) is 10.1. The third-order valence-electron chi connectivity index (χ3n) is 2.40. The maximum absolute atomic E-state index is 5.11. The molecule has 0 aliphatic heterocycles. The summed E-state index contributed by atoms with van der Waals surface area (Å²) in [6, 6.07) is 8.03. The minimum Gasteiger partial charge on any atom is -0.497 e. The van der Waals surface area contributed by atoms with Gasteiger partial charge in [-0.1, -0.05) is 16.9 Å². The molecule has 0 radical (unpaired) electrons. The van der Waals surface area contributed by atoms with Crippen LogP contribution >= 0.6 is 0 Å². The average molecular weight is 219 g/mol. The molecule has 0 amide bonds. The van der Waals surface area contributed by atoms with Crippen LogP contribution in [0.5, 0.6) is 5.75 Å². The van der Waals surface area contributed by atoms with E-state index in [0.717, 1.165) is 12.3 Å². The van der Waals surface area contributed by atoms with Crippen molar-refractivity contribution in [1.29, 1.82) is 0 Å². The summed E-state index contributed by atoms with van der Waals surface area (Å²) in [6.07, 6.45) is 5.72. The monoisotopic (exact) mass is 219 g/mol. The van der Waals surface area contributed by atoms with Crippen molar-refractivity contribution in [3.05, 3.63) is 48.5 Å². The Kier molecular flexibility index (Phi) is 3.10. The molecule has 0 N–H and O–H groups in total. The Morgan fingerprint density at radius 2 is 1.94 bits per heavy atom. The van der Waals surface area contributed by atoms with Crippen LogP contribution in [0.1, 0.15) is 5.56 Å². The summed E-state index contributed by atoms with van der Waals surface area (Å²) in [5.74, 6) is 0.878. The quantitative estimate of drug-likeness (QED) is 0.714. The highest BCUT2D eigenvalue weighted by atomic mass is 16.6. The minimum atomic E-state index is 0.820. The number of ether oxygens (including phenoxy) is 1. The highest BCUT2D eigenvalue weighted by Gasteiger charge is 2.04. The molecule has 0 saturated carbocycles. The predicted molar refractivity (Wildman–Crippen MR) is 59.2 cm³/mol. The summed E-state index contributed by atoms with van der Waals surface area (Å²) in [7, 11) is 3.31. The lowest BCUT2D eigenvalue weighted by Gasteiger charge is -2.00. The molecule has 0 aliphatic rings. The first-order chi connectivity index (χ1) is 7.81. The number of hydrogen-bond donors (Lipinski definition) is 0. The topological polar surface area (TPSA) is 27.3 Å². The maximum Gasteiger partial charge on any atom is 0.284 e. The molecule has 1 aromatic carbocycles. The molecule has 4 nitrogen and oxygen atoms in total. The van der Waals surface area contributed by atoms with Crippen LogP contribution < -0.4 is 14.1 Å². The number of methoxy groups -OCH3 is 1. The van der Waals surface area contributed by atoms with Crippen molar-refractivity contribution < 1.29 is 14.1 Å². The third kappa shape index (κ3) is 2.34. The van der Waals surface area contributed by atoms with Gasteiger partial charge >= 0.3 is 0 Å². The third-order valence-corrected chi connectivity index (χ3v) is 2.40. The van der Waals surface area contributed by atoms with E-state index in [4.69, 9.17) is 9.57 Å². The molecular weight excluding hydrogens is 204 g/mol. The van der Waals surface area contributed by atoms with Gasteiger partial charge in [0.15, 0.2) is 6.20 Å². The van der Waals surface area contributed by atoms with E-state index in [2.05, 4.69) is 12.1 Å². The highest BCUT2D eigenvalue weighted by Crippen LogP contribution is 2.10. The summed E-state index contributed by atoms with van der Waals surface area (Å²) >= 11 is 0. The molecule has 1 heterocycles. The maximum atomic E-state index is 5.11. The first-order valence-corrected chi connectivity index (χ1v) is 5.06. The van der Waals surface area contributed by atoms with Crippen molar-refractivity contribution in [2.75, 3.05) is 14.2 Å². The van der Waals surface area contributed by atoms with E-state index in [9.17, 15) is 0 Å². The molecule has 0 unspecified atom stereocenters. The van der Waals surface area contributed by atoms with E-state index in [0.29, 0.717) is 0 Å². The Bertz CT molecular complexity index is 448. The Morgan fingerprint density at radius 3 is 2.50 bits per heavy atom. The van der Waals surface area contributed by atoms with Crippen LogP contribution in [-0.2, 0) is 6.54 Å². The molecule has 0 saturated heterocycles. The van der Waals surface area contributed by atoms with Gasteiger partial charge in [-0.25, -0.2) is 4.57 Å². The first kappa shape index (κ1) is 10.5. The van der Waals surface area contributed by atoms with Crippen LogP contribution in [0.3, 0.4) is 0 Å². The molecule has 2 rings (SSSR count). The predicted octanol–water partition coefficient (Wildman–Crippen LogP) is 0.891. The lowest BCUT2D eigenvalue weighted by atomic mass is 10.2. The fourth-order valence-corrected chi connectivity index (χ4v) is 1.52. The van der Waals surface area contributed by atoms with Crippen molar-refractivity contribution in [3.8, 4) is 5.75 Å². The van der Waals surface area contributed by atoms with Gasteiger partial charge in [0, 0.05) is 0 Å². The Morgan fingerprint density at radius 1 is 1.19 bits per heavy atom. The van der Waals surface area contributed by atoms with Crippen LogP contribution in [0, 0.1) is 0 Å². The van der Waals surface area contributed by atoms with Crippen molar-refractivity contribution in [1.82, 2.24) is 4.73 Å². The molecule has 16 heavy (non-hydrogen) atoms. The van der Waals surface area contributed by atoms with Gasteiger partial charge in [0.2, 0.25) is 0 Å². The standard InChI is InChI=1S/C12H15N2O2/c1-15-12-5-3-11(4-6-12)9-13-7-8-14(10-13)16-2/h3-8,10H,9H2,1-2H3/q+1. The molecule has 0 bridgehead atoms. The number of aromatic nitrogens is 2. The van der Waals surface area contributed by atoms with Gasteiger partial charge in [0.05, 0.1) is 7.11 Å². The van der Waals surface area contributed by atoms with Crippen molar-refractivity contribution >= 4 is 0 Å². The molecule has 0 spiro atoms. The van der Waals surface area contributed by atoms with Gasteiger partial charge in [-0.2, -0.15) is 0 Å². The van der Waals surface area contributed by atoms with E-state index < -0.39 is 0 Å². The van der Waals surface area contributed by atoms with Crippen LogP contribution in [0.4, 0.5) is 0 Å². The average Bonchev–Trinajstić information content (AvgIpc) is 2.78. The Labute approximate surface area is 94.6 Å². The Hall–Kier alpha value is -1.97. The molecule has 4 heteroatoms. The summed E-state index contributed by atoms with van der Waals surface area (Å²) in [6.45, 7) is 0.820. The second-order valence-electron chi connectivity index (χ2n) is 3.48. The van der Waals surface area contributed by atoms with Crippen LogP contribution in [0.15, 0.2) is 43.0 Å². The number of rotatable bonds is 4. The van der Waals surface area contributed by atoms with Crippen LogP contribution in [0.25, 0.3) is 0 Å². The van der Waals surface area contributed by atoms with Crippen LogP contribution in [-0.4, -0.2) is 19.0 Å². The number of imidazole rings is 1. The molecule has 0 aliphatic carbocycles. The largest absolute Gasteiger partial charge is 0.497 e. The number of nitrogens with zero attached hydrogens (tertiary/aromatic N) is 2. The molecule has 1 aromatic heterocycles. The summed E-state index contributed by atoms with van der Waals surface area (Å²) in [4.78, 5) is 5.04. The van der Waals surface area contributed by atoms with E-state index in [1.54, 1.807) is 19.0 Å². The molecule has 84 valence electrons. The summed E-state index contributed by atoms with van der Waals surface area (Å²) in [5, 5.41) is 0. The smallest absolute Gasteiger partial charge is 0.284 e. The lowest BCUT2D eigenvalue weighted by Crippen LogP contribution is -2.31. The van der Waals surface area contributed by atoms with Crippen LogP contribution in [0.2, 0.25) is 0 Å². The zero-order chi connectivity index (χ0) is 11.4. The SMILES string of the molecule is COc1ccc(C[n+]2ccn(OC)c2)cc1. The van der Waals surface area contributed by atoms with E-state index in [-0.39, 0.29) is 0 Å². The van der Waals surface area contributed by atoms with Gasteiger partial charge in [-0.15, -0.1) is 0 Å². The van der Waals surface area contributed by atoms with E-state index in [1.165, 1.54) is 5.56 Å². The molecular formula is C12H15N2O2+. The fourth-order valence-electron chi connectivity index (χ4n) is 1.52. The summed E-state index contributed by atoms with van der Waals surface area (Å²) in [5.41, 5.74) is 1.22. The zero-order valence-electron chi connectivity index (χ0n) is 9.46. The second kappa shape index (κ2) is 4.70. The number of benzene rings is 1. The van der Waals surface area contributed by atoms with Gasteiger partial charge in [-0.05, 0) is 17.7 Å². The Balaban J connectivity index is 2.08. The minimum absolute atomic E-state index is 0.820. The van der Waals surface area contributed by atoms with Gasteiger partial charge in [-0.3, -0.25) is 0 Å². The van der Waals surface area contributed by atoms with Crippen molar-refractivity contribution in [2.24, 2.45) is 0 Å². The lowest BCUT2D eigenvalue weighted by molar-refractivity contribution is -0.688. The zero-order valence-corrected chi connectivity index (χ0v) is 9.46. The van der Waals surface area contributed by atoms with E-state index in [1.807, 2.05) is 35.4 Å². The molecule has 2 aromatic rings. The fraction of sp³-hybridized carbons (Fsp3) is 0.250. The summed E-state index contributed by atoms with van der Waals surface area (Å²) < 4.78 is 8.81. The van der Waals surface area contributed by atoms with E-state index >= 15 is 0 Å². The van der Waals surface area contributed by atoms with Crippen molar-refractivity contribution in [3.63, 3.8) is 0 Å². The van der Waals surface area contributed by atoms with Gasteiger partial charge in [0.25, 0.3) is 6.33 Å². The molecule has 0 fully saturated rings.